The van der Waals surface area contributed by atoms with Gasteiger partial charge in [0.25, 0.3) is 0 Å². The van der Waals surface area contributed by atoms with E-state index in [2.05, 4.69) is 34.6 Å². The van der Waals surface area contributed by atoms with Crippen LogP contribution in [0.2, 0.25) is 0 Å². The third kappa shape index (κ3) is 3.41. The Labute approximate surface area is 136 Å². The lowest BCUT2D eigenvalue weighted by atomic mass is 9.81. The maximum absolute atomic E-state index is 9.11. The van der Waals surface area contributed by atoms with Gasteiger partial charge in [-0.05, 0) is 42.3 Å². The summed E-state index contributed by atoms with van der Waals surface area (Å²) in [6.45, 7) is 1.53. The van der Waals surface area contributed by atoms with Gasteiger partial charge in [0.15, 0.2) is 0 Å². The van der Waals surface area contributed by atoms with Crippen molar-refractivity contribution in [1.82, 2.24) is 5.32 Å². The third-order valence-electron chi connectivity index (χ3n) is 4.13. The fourth-order valence-corrected chi connectivity index (χ4v) is 2.93. The molecule has 0 aromatic heterocycles. The predicted molar refractivity (Wildman–Crippen MR) is 93.5 cm³/mol. The zero-order valence-corrected chi connectivity index (χ0v) is 12.9. The topological polar surface area (TPSA) is 74.2 Å². The van der Waals surface area contributed by atoms with Crippen molar-refractivity contribution in [2.24, 2.45) is 22.6 Å². The molecule has 2 atom stereocenters. The molecule has 0 saturated heterocycles. The van der Waals surface area contributed by atoms with E-state index < -0.39 is 0 Å². The van der Waals surface area contributed by atoms with Crippen LogP contribution in [0.15, 0.2) is 59.4 Å². The van der Waals surface area contributed by atoms with E-state index >= 15 is 0 Å². The highest BCUT2D eigenvalue weighted by Gasteiger charge is 2.26. The summed E-state index contributed by atoms with van der Waals surface area (Å²) >= 11 is 0. The van der Waals surface area contributed by atoms with Crippen LogP contribution >= 0.6 is 0 Å². The van der Waals surface area contributed by atoms with Crippen molar-refractivity contribution < 1.29 is 0 Å². The molecule has 0 amide bonds. The van der Waals surface area contributed by atoms with Crippen molar-refractivity contribution in [3.05, 3.63) is 65.5 Å². The molecule has 0 spiro atoms. The molecule has 0 saturated carbocycles. The number of hydrogen-bond acceptors (Lipinski definition) is 4. The van der Waals surface area contributed by atoms with Crippen molar-refractivity contribution in [2.45, 2.75) is 6.42 Å². The molecule has 1 aliphatic carbocycles. The molecule has 0 bridgehead atoms. The summed E-state index contributed by atoms with van der Waals surface area (Å²) in [7, 11) is 0. The fourth-order valence-electron chi connectivity index (χ4n) is 2.93. The van der Waals surface area contributed by atoms with E-state index in [0.717, 1.165) is 29.8 Å². The molecule has 4 heteroatoms. The van der Waals surface area contributed by atoms with E-state index in [4.69, 9.17) is 11.0 Å². The highest BCUT2D eigenvalue weighted by molar-refractivity contribution is 5.81. The summed E-state index contributed by atoms with van der Waals surface area (Å²) in [6.07, 6.45) is 11.3. The molecular weight excluding hydrogens is 284 g/mol. The average Bonchev–Trinajstić information content (AvgIpc) is 2.61. The van der Waals surface area contributed by atoms with Gasteiger partial charge >= 0.3 is 0 Å². The van der Waals surface area contributed by atoms with Crippen LogP contribution in [0, 0.1) is 23.2 Å². The maximum Gasteiger partial charge on any atom is 0.0991 e. The van der Waals surface area contributed by atoms with Gasteiger partial charge in [-0.3, -0.25) is 4.99 Å². The molecular formula is C19H20N4. The van der Waals surface area contributed by atoms with Crippen molar-refractivity contribution in [2.75, 3.05) is 13.1 Å². The first-order valence-electron chi connectivity index (χ1n) is 7.89. The Kier molecular flexibility index (Phi) is 4.70. The van der Waals surface area contributed by atoms with E-state index in [9.17, 15) is 0 Å². The van der Waals surface area contributed by atoms with Crippen molar-refractivity contribution >= 4 is 11.8 Å². The lowest BCUT2D eigenvalue weighted by Crippen LogP contribution is -2.30. The first kappa shape index (κ1) is 15.3. The SMILES string of the molecule is N#Cc1cccc(C2=CC3C=CN=CC3C(NCCCN)=C2)c1. The molecule has 0 radical (unpaired) electrons. The van der Waals surface area contributed by atoms with Gasteiger partial charge in [0, 0.05) is 36.5 Å². The minimum Gasteiger partial charge on any atom is -0.388 e. The number of fused-ring (bicyclic) bond motifs is 1. The largest absolute Gasteiger partial charge is 0.388 e. The number of nitrogens with one attached hydrogen (secondary N) is 1. The molecule has 23 heavy (non-hydrogen) atoms. The minimum atomic E-state index is 0.251. The number of benzene rings is 1. The summed E-state index contributed by atoms with van der Waals surface area (Å²) in [5.41, 5.74) is 9.63. The van der Waals surface area contributed by atoms with E-state index in [-0.39, 0.29) is 5.92 Å². The van der Waals surface area contributed by atoms with Crippen LogP contribution in [0.3, 0.4) is 0 Å². The molecule has 2 aliphatic rings. The Morgan fingerprint density at radius 2 is 2.26 bits per heavy atom. The Balaban J connectivity index is 1.92. The van der Waals surface area contributed by atoms with E-state index in [1.807, 2.05) is 36.7 Å². The normalized spacial score (nSPS) is 21.9. The summed E-state index contributed by atoms with van der Waals surface area (Å²) in [5, 5.41) is 12.6. The second-order valence-corrected chi connectivity index (χ2v) is 5.73. The molecule has 3 N–H and O–H groups in total. The minimum absolute atomic E-state index is 0.251. The molecule has 1 aromatic carbocycles. The Bertz CT molecular complexity index is 734. The quantitative estimate of drug-likeness (QED) is 0.821. The Hall–Kier alpha value is -2.64. The number of rotatable bonds is 5. The van der Waals surface area contributed by atoms with Gasteiger partial charge in [-0.2, -0.15) is 5.26 Å². The molecule has 1 heterocycles. The van der Waals surface area contributed by atoms with Crippen LogP contribution in [0.5, 0.6) is 0 Å². The van der Waals surface area contributed by atoms with Crippen molar-refractivity contribution in [3.63, 3.8) is 0 Å². The zero-order chi connectivity index (χ0) is 16.1. The number of nitriles is 1. The number of nitrogens with zero attached hydrogens (tertiary/aromatic N) is 2. The molecule has 116 valence electrons. The summed E-state index contributed by atoms with van der Waals surface area (Å²) in [5.74, 6) is 0.541. The molecule has 3 rings (SSSR count). The standard InChI is InChI=1S/C19H20N4/c20-6-2-7-23-19-11-17(10-16-5-8-22-13-18(16)19)15-4-1-3-14(9-15)12-21/h1,3-5,8-11,13,16,18,23H,2,6-7,20H2. The van der Waals surface area contributed by atoms with Crippen LogP contribution < -0.4 is 11.1 Å². The molecule has 0 fully saturated rings. The van der Waals surface area contributed by atoms with Crippen molar-refractivity contribution in [3.8, 4) is 6.07 Å². The molecule has 1 aromatic rings. The lowest BCUT2D eigenvalue weighted by Gasteiger charge is -2.29. The fraction of sp³-hybridized carbons (Fsp3) is 0.263. The summed E-state index contributed by atoms with van der Waals surface area (Å²) in [6, 6.07) is 9.93. The average molecular weight is 304 g/mol. The molecule has 4 nitrogen and oxygen atoms in total. The number of aliphatic imine (C=N–C) groups is 1. The van der Waals surface area contributed by atoms with Gasteiger partial charge in [-0.15, -0.1) is 0 Å². The summed E-state index contributed by atoms with van der Waals surface area (Å²) < 4.78 is 0. The van der Waals surface area contributed by atoms with Gasteiger partial charge in [0.2, 0.25) is 0 Å². The van der Waals surface area contributed by atoms with Crippen LogP contribution in [-0.4, -0.2) is 19.3 Å². The third-order valence-corrected chi connectivity index (χ3v) is 4.13. The monoisotopic (exact) mass is 304 g/mol. The lowest BCUT2D eigenvalue weighted by molar-refractivity contribution is 0.595. The smallest absolute Gasteiger partial charge is 0.0991 e. The highest BCUT2D eigenvalue weighted by atomic mass is 14.9. The van der Waals surface area contributed by atoms with Gasteiger partial charge in [0.05, 0.1) is 11.6 Å². The second-order valence-electron chi connectivity index (χ2n) is 5.73. The highest BCUT2D eigenvalue weighted by Crippen LogP contribution is 2.34. The van der Waals surface area contributed by atoms with Gasteiger partial charge in [-0.25, -0.2) is 0 Å². The van der Waals surface area contributed by atoms with E-state index in [0.29, 0.717) is 18.0 Å². The van der Waals surface area contributed by atoms with E-state index in [1.165, 1.54) is 0 Å². The van der Waals surface area contributed by atoms with Crippen molar-refractivity contribution in [1.29, 1.82) is 5.26 Å². The van der Waals surface area contributed by atoms with E-state index in [1.54, 1.807) is 0 Å². The number of allylic oxidation sites excluding steroid dienone is 5. The van der Waals surface area contributed by atoms with Crippen LogP contribution in [-0.2, 0) is 0 Å². The van der Waals surface area contributed by atoms with Crippen LogP contribution in [0.25, 0.3) is 5.57 Å². The zero-order valence-electron chi connectivity index (χ0n) is 12.9. The van der Waals surface area contributed by atoms with Gasteiger partial charge < -0.3 is 11.1 Å². The van der Waals surface area contributed by atoms with Gasteiger partial charge in [0.1, 0.15) is 0 Å². The number of nitrogens with two attached hydrogens (primary N) is 1. The first-order chi connectivity index (χ1) is 11.3. The first-order valence-corrected chi connectivity index (χ1v) is 7.89. The Morgan fingerprint density at radius 1 is 1.35 bits per heavy atom. The molecule has 1 aliphatic heterocycles. The summed E-state index contributed by atoms with van der Waals surface area (Å²) in [4.78, 5) is 4.28. The van der Waals surface area contributed by atoms with Crippen LogP contribution in [0.1, 0.15) is 17.5 Å². The van der Waals surface area contributed by atoms with Gasteiger partial charge in [-0.1, -0.05) is 24.3 Å². The predicted octanol–water partition coefficient (Wildman–Crippen LogP) is 2.61. The Morgan fingerprint density at radius 3 is 3.09 bits per heavy atom. The number of hydrogen-bond donors (Lipinski definition) is 2. The maximum atomic E-state index is 9.11. The second kappa shape index (κ2) is 7.08. The van der Waals surface area contributed by atoms with Crippen LogP contribution in [0.4, 0.5) is 0 Å². The molecule has 2 unspecified atom stereocenters.